The van der Waals surface area contributed by atoms with Gasteiger partial charge in [0.15, 0.2) is 0 Å². The summed E-state index contributed by atoms with van der Waals surface area (Å²) in [5.74, 6) is -1.74. The van der Waals surface area contributed by atoms with Gasteiger partial charge in [-0.15, -0.1) is 0 Å². The van der Waals surface area contributed by atoms with E-state index in [0.29, 0.717) is 10.6 Å². The number of nitro groups is 1. The van der Waals surface area contributed by atoms with Crippen molar-refractivity contribution in [2.75, 3.05) is 0 Å². The maximum Gasteiger partial charge on any atom is 0.345 e. The van der Waals surface area contributed by atoms with Crippen molar-refractivity contribution in [2.45, 2.75) is 6.92 Å². The molecular weight excluding hydrogens is 457 g/mol. The van der Waals surface area contributed by atoms with Gasteiger partial charge in [-0.2, -0.15) is 5.10 Å². The number of ether oxygens (including phenoxy) is 1. The van der Waals surface area contributed by atoms with Crippen LogP contribution < -0.4 is 10.2 Å². The SMILES string of the molecule is Cc1ccc(C(=O)N/N=C/c2cccc([N+](=O)[O-])c2OC(=O)c2ccc(Cl)cc2Cl)cc1. The largest absolute Gasteiger partial charge is 0.415 e. The van der Waals surface area contributed by atoms with E-state index in [1.54, 1.807) is 24.3 Å². The number of carbonyl (C=O) groups excluding carboxylic acids is 2. The highest BCUT2D eigenvalue weighted by molar-refractivity contribution is 6.36. The molecule has 162 valence electrons. The van der Waals surface area contributed by atoms with Gasteiger partial charge in [0.2, 0.25) is 5.75 Å². The van der Waals surface area contributed by atoms with Crippen LogP contribution in [0.1, 0.15) is 31.8 Å². The minimum absolute atomic E-state index is 0.0234. The second-order valence-electron chi connectivity index (χ2n) is 6.53. The van der Waals surface area contributed by atoms with Crippen molar-refractivity contribution in [1.82, 2.24) is 5.43 Å². The molecule has 0 aliphatic rings. The fourth-order valence-electron chi connectivity index (χ4n) is 2.63. The van der Waals surface area contributed by atoms with Gasteiger partial charge in [0.25, 0.3) is 5.91 Å². The van der Waals surface area contributed by atoms with Crippen LogP contribution in [0.2, 0.25) is 10.0 Å². The van der Waals surface area contributed by atoms with Crippen LogP contribution in [0.5, 0.6) is 5.75 Å². The zero-order valence-corrected chi connectivity index (χ0v) is 18.1. The van der Waals surface area contributed by atoms with Gasteiger partial charge in [0.05, 0.1) is 21.7 Å². The van der Waals surface area contributed by atoms with E-state index in [0.717, 1.165) is 11.8 Å². The third kappa shape index (κ3) is 5.48. The highest BCUT2D eigenvalue weighted by Crippen LogP contribution is 2.32. The Bertz CT molecular complexity index is 1230. The van der Waals surface area contributed by atoms with E-state index < -0.39 is 22.5 Å². The van der Waals surface area contributed by atoms with E-state index >= 15 is 0 Å². The molecule has 0 aliphatic heterocycles. The number of para-hydroxylation sites is 1. The lowest BCUT2D eigenvalue weighted by atomic mass is 10.1. The standard InChI is InChI=1S/C22H15Cl2N3O5/c1-13-5-7-14(8-6-13)21(28)26-25-12-15-3-2-4-19(27(30)31)20(15)32-22(29)17-10-9-16(23)11-18(17)24/h2-12H,1H3,(H,26,28)/b25-12+. The van der Waals surface area contributed by atoms with E-state index in [-0.39, 0.29) is 21.9 Å². The van der Waals surface area contributed by atoms with Crippen LogP contribution in [0.3, 0.4) is 0 Å². The quantitative estimate of drug-likeness (QED) is 0.174. The first kappa shape index (κ1) is 22.9. The first-order valence-corrected chi connectivity index (χ1v) is 9.86. The number of amides is 1. The molecule has 0 aliphatic carbocycles. The summed E-state index contributed by atoms with van der Waals surface area (Å²) in [4.78, 5) is 35.5. The molecule has 10 heteroatoms. The van der Waals surface area contributed by atoms with Crippen molar-refractivity contribution in [3.8, 4) is 5.75 Å². The molecule has 1 amide bonds. The topological polar surface area (TPSA) is 111 Å². The molecular formula is C22H15Cl2N3O5. The van der Waals surface area contributed by atoms with Crippen LogP contribution in [0.15, 0.2) is 65.8 Å². The molecule has 0 spiro atoms. The van der Waals surface area contributed by atoms with Crippen LogP contribution in [0.4, 0.5) is 5.69 Å². The Morgan fingerprint density at radius 1 is 1.09 bits per heavy atom. The van der Waals surface area contributed by atoms with Gasteiger partial charge in [-0.1, -0.05) is 47.0 Å². The number of carbonyl (C=O) groups is 2. The number of rotatable bonds is 6. The first-order chi connectivity index (χ1) is 15.3. The lowest BCUT2D eigenvalue weighted by Crippen LogP contribution is -2.17. The Balaban J connectivity index is 1.86. The van der Waals surface area contributed by atoms with Crippen LogP contribution in [0, 0.1) is 17.0 Å². The fraction of sp³-hybridized carbons (Fsp3) is 0.0455. The predicted octanol–water partition coefficient (Wildman–Crippen LogP) is 5.19. The average molecular weight is 472 g/mol. The number of hydrogen-bond donors (Lipinski definition) is 1. The molecule has 3 aromatic carbocycles. The lowest BCUT2D eigenvalue weighted by Gasteiger charge is -2.09. The van der Waals surface area contributed by atoms with Crippen LogP contribution in [-0.2, 0) is 0 Å². The average Bonchev–Trinajstić information content (AvgIpc) is 2.74. The molecule has 3 rings (SSSR count). The number of esters is 1. The molecule has 0 radical (unpaired) electrons. The lowest BCUT2D eigenvalue weighted by molar-refractivity contribution is -0.385. The molecule has 0 heterocycles. The van der Waals surface area contributed by atoms with Gasteiger partial charge in [0.1, 0.15) is 0 Å². The monoisotopic (exact) mass is 471 g/mol. The number of nitro benzene ring substituents is 1. The molecule has 3 aromatic rings. The second kappa shape index (κ2) is 10.0. The molecule has 0 aromatic heterocycles. The highest BCUT2D eigenvalue weighted by Gasteiger charge is 2.23. The van der Waals surface area contributed by atoms with E-state index in [2.05, 4.69) is 10.5 Å². The Hall–Kier alpha value is -3.75. The normalized spacial score (nSPS) is 10.7. The summed E-state index contributed by atoms with van der Waals surface area (Å²) in [6, 6.07) is 15.0. The van der Waals surface area contributed by atoms with Gasteiger partial charge >= 0.3 is 11.7 Å². The van der Waals surface area contributed by atoms with Gasteiger partial charge in [-0.25, -0.2) is 10.2 Å². The van der Waals surface area contributed by atoms with E-state index in [9.17, 15) is 19.7 Å². The Morgan fingerprint density at radius 3 is 2.47 bits per heavy atom. The molecule has 1 N–H and O–H groups in total. The number of halogens is 2. The summed E-state index contributed by atoms with van der Waals surface area (Å²) in [6.07, 6.45) is 1.14. The molecule has 0 atom stereocenters. The van der Waals surface area contributed by atoms with Crippen LogP contribution in [0.25, 0.3) is 0 Å². The molecule has 0 saturated heterocycles. The number of benzene rings is 3. The summed E-state index contributed by atoms with van der Waals surface area (Å²) in [5.41, 5.74) is 3.32. The van der Waals surface area contributed by atoms with Crippen molar-refractivity contribution in [1.29, 1.82) is 0 Å². The van der Waals surface area contributed by atoms with E-state index in [1.165, 1.54) is 36.4 Å². The van der Waals surface area contributed by atoms with Gasteiger partial charge in [-0.05, 0) is 43.3 Å². The van der Waals surface area contributed by atoms with Crippen molar-refractivity contribution in [3.63, 3.8) is 0 Å². The van der Waals surface area contributed by atoms with Crippen molar-refractivity contribution >= 4 is 47.0 Å². The Morgan fingerprint density at radius 2 is 1.81 bits per heavy atom. The molecule has 0 unspecified atom stereocenters. The molecule has 32 heavy (non-hydrogen) atoms. The summed E-state index contributed by atoms with van der Waals surface area (Å²) < 4.78 is 5.29. The minimum atomic E-state index is -0.917. The molecule has 8 nitrogen and oxygen atoms in total. The summed E-state index contributed by atoms with van der Waals surface area (Å²) >= 11 is 11.9. The first-order valence-electron chi connectivity index (χ1n) is 9.11. The van der Waals surface area contributed by atoms with Gasteiger partial charge in [-0.3, -0.25) is 14.9 Å². The van der Waals surface area contributed by atoms with Gasteiger partial charge < -0.3 is 4.74 Å². The maximum absolute atomic E-state index is 12.6. The number of nitrogens with zero attached hydrogens (tertiary/aromatic N) is 2. The summed E-state index contributed by atoms with van der Waals surface area (Å²) in [7, 11) is 0. The van der Waals surface area contributed by atoms with Crippen LogP contribution >= 0.6 is 23.2 Å². The maximum atomic E-state index is 12.6. The highest BCUT2D eigenvalue weighted by atomic mass is 35.5. The second-order valence-corrected chi connectivity index (χ2v) is 7.38. The number of hydrazone groups is 1. The number of aryl methyl sites for hydroxylation is 1. The predicted molar refractivity (Wildman–Crippen MR) is 121 cm³/mol. The van der Waals surface area contributed by atoms with Crippen molar-refractivity contribution < 1.29 is 19.2 Å². The third-order valence-corrected chi connectivity index (χ3v) is 4.80. The third-order valence-electron chi connectivity index (χ3n) is 4.25. The van der Waals surface area contributed by atoms with E-state index in [4.69, 9.17) is 27.9 Å². The van der Waals surface area contributed by atoms with Gasteiger partial charge in [0, 0.05) is 22.2 Å². The summed E-state index contributed by atoms with van der Waals surface area (Å²) in [6.45, 7) is 1.89. The molecule has 0 bridgehead atoms. The number of nitrogens with one attached hydrogen (secondary N) is 1. The molecule has 0 fully saturated rings. The fourth-order valence-corrected chi connectivity index (χ4v) is 3.12. The zero-order chi connectivity index (χ0) is 23.3. The van der Waals surface area contributed by atoms with E-state index in [1.807, 2.05) is 6.92 Å². The Kier molecular flexibility index (Phi) is 7.19. The Labute approximate surface area is 192 Å². The van der Waals surface area contributed by atoms with Crippen LogP contribution in [-0.4, -0.2) is 23.0 Å². The van der Waals surface area contributed by atoms with Crippen molar-refractivity contribution in [2.24, 2.45) is 5.10 Å². The zero-order valence-electron chi connectivity index (χ0n) is 16.5. The number of hydrogen-bond acceptors (Lipinski definition) is 6. The molecule has 0 saturated carbocycles. The summed E-state index contributed by atoms with van der Waals surface area (Å²) in [5, 5.41) is 15.6. The minimum Gasteiger partial charge on any atom is -0.415 e. The smallest absolute Gasteiger partial charge is 0.345 e. The van der Waals surface area contributed by atoms with Crippen molar-refractivity contribution in [3.05, 3.63) is 103 Å².